The number of halogens is 2. The Morgan fingerprint density at radius 3 is 2.77 bits per heavy atom. The number of hydrogen-bond donors (Lipinski definition) is 4. The molecule has 1 aliphatic carbocycles. The number of aliphatic hydroxyl groups is 1. The van der Waals surface area contributed by atoms with Gasteiger partial charge in [0.25, 0.3) is 0 Å². The molecule has 0 unspecified atom stereocenters. The number of amides is 1. The van der Waals surface area contributed by atoms with E-state index in [2.05, 4.69) is 20.3 Å². The van der Waals surface area contributed by atoms with E-state index < -0.39 is 6.10 Å². The molecule has 0 aliphatic heterocycles. The lowest BCUT2D eigenvalue weighted by Gasteiger charge is -2.09. The number of nitrogens with two attached hydrogens (primary N) is 1. The van der Waals surface area contributed by atoms with E-state index in [0.717, 1.165) is 0 Å². The Morgan fingerprint density at radius 1 is 1.27 bits per heavy atom. The molecule has 3 aromatic rings. The fourth-order valence-corrected chi connectivity index (χ4v) is 3.62. The van der Waals surface area contributed by atoms with E-state index in [9.17, 15) is 14.3 Å². The number of rotatable bonds is 5. The van der Waals surface area contributed by atoms with Crippen molar-refractivity contribution in [3.8, 4) is 22.6 Å². The first kappa shape index (κ1) is 21.9. The molecule has 7 nitrogen and oxygen atoms in total. The topological polar surface area (TPSA) is 117 Å². The van der Waals surface area contributed by atoms with Crippen molar-refractivity contribution >= 4 is 18.3 Å². The Bertz CT molecular complexity index is 1000. The smallest absolute Gasteiger partial charge is 0.223 e. The van der Waals surface area contributed by atoms with Crippen LogP contribution in [-0.4, -0.2) is 38.1 Å². The van der Waals surface area contributed by atoms with E-state index in [-0.39, 0.29) is 42.6 Å². The summed E-state index contributed by atoms with van der Waals surface area (Å²) >= 11 is 0. The molecule has 2 heterocycles. The first-order valence-corrected chi connectivity index (χ1v) is 9.49. The van der Waals surface area contributed by atoms with Crippen molar-refractivity contribution in [1.29, 1.82) is 0 Å². The van der Waals surface area contributed by atoms with Crippen LogP contribution < -0.4 is 11.1 Å². The predicted molar refractivity (Wildman–Crippen MR) is 113 cm³/mol. The summed E-state index contributed by atoms with van der Waals surface area (Å²) in [6.07, 6.45) is 1.84. The Morgan fingerprint density at radius 2 is 2.10 bits per heavy atom. The van der Waals surface area contributed by atoms with Crippen LogP contribution in [0.25, 0.3) is 22.6 Å². The van der Waals surface area contributed by atoms with Gasteiger partial charge in [0.05, 0.1) is 29.7 Å². The largest absolute Gasteiger partial charge is 0.391 e. The molecule has 1 fully saturated rings. The normalized spacial score (nSPS) is 20.6. The highest BCUT2D eigenvalue weighted by atomic mass is 35.5. The quantitative estimate of drug-likeness (QED) is 0.495. The molecule has 1 aliphatic rings. The number of nitrogens with one attached hydrogen (secondary N) is 2. The van der Waals surface area contributed by atoms with E-state index in [1.807, 2.05) is 18.2 Å². The van der Waals surface area contributed by atoms with Gasteiger partial charge in [-0.05, 0) is 37.1 Å². The molecule has 0 saturated heterocycles. The van der Waals surface area contributed by atoms with Gasteiger partial charge in [-0.2, -0.15) is 0 Å². The zero-order valence-corrected chi connectivity index (χ0v) is 16.9. The maximum Gasteiger partial charge on any atom is 0.223 e. The highest BCUT2D eigenvalue weighted by Crippen LogP contribution is 2.29. The zero-order chi connectivity index (χ0) is 20.4. The van der Waals surface area contributed by atoms with Crippen molar-refractivity contribution < 1.29 is 14.3 Å². The Balaban J connectivity index is 0.00000256. The van der Waals surface area contributed by atoms with E-state index >= 15 is 0 Å². The lowest BCUT2D eigenvalue weighted by Crippen LogP contribution is -2.30. The minimum Gasteiger partial charge on any atom is -0.391 e. The van der Waals surface area contributed by atoms with Crippen molar-refractivity contribution in [3.05, 3.63) is 60.3 Å². The lowest BCUT2D eigenvalue weighted by molar-refractivity contribution is -0.125. The molecule has 0 bridgehead atoms. The van der Waals surface area contributed by atoms with Crippen molar-refractivity contribution in [2.75, 3.05) is 0 Å². The summed E-state index contributed by atoms with van der Waals surface area (Å²) < 4.78 is 13.7. The number of aromatic amines is 1. The Hall–Kier alpha value is -2.81. The first-order valence-electron chi connectivity index (χ1n) is 9.49. The third-order valence-corrected chi connectivity index (χ3v) is 5.15. The maximum atomic E-state index is 13.7. The van der Waals surface area contributed by atoms with Crippen molar-refractivity contribution in [2.24, 2.45) is 11.7 Å². The number of aromatic nitrogens is 3. The van der Waals surface area contributed by atoms with Gasteiger partial charge in [0.15, 0.2) is 0 Å². The van der Waals surface area contributed by atoms with Gasteiger partial charge in [-0.3, -0.25) is 9.78 Å². The average molecular weight is 432 g/mol. The summed E-state index contributed by atoms with van der Waals surface area (Å²) in [5, 5.41) is 12.6. The van der Waals surface area contributed by atoms with E-state index in [1.54, 1.807) is 18.3 Å². The number of imidazole rings is 1. The third-order valence-electron chi connectivity index (χ3n) is 5.15. The molecule has 1 saturated carbocycles. The number of H-pyrrole nitrogens is 1. The average Bonchev–Trinajstić information content (AvgIpc) is 3.30. The molecule has 2 aromatic heterocycles. The summed E-state index contributed by atoms with van der Waals surface area (Å²) in [5.41, 5.74) is 8.29. The first-order chi connectivity index (χ1) is 14.0. The molecule has 1 amide bonds. The molecule has 30 heavy (non-hydrogen) atoms. The van der Waals surface area contributed by atoms with Crippen LogP contribution in [0.3, 0.4) is 0 Å². The second-order valence-corrected chi connectivity index (χ2v) is 7.25. The van der Waals surface area contributed by atoms with Gasteiger partial charge < -0.3 is 21.1 Å². The molecule has 158 valence electrons. The molecule has 5 N–H and O–H groups in total. The monoisotopic (exact) mass is 431 g/mol. The summed E-state index contributed by atoms with van der Waals surface area (Å²) in [6.45, 7) is 0.176. The van der Waals surface area contributed by atoms with Gasteiger partial charge in [0, 0.05) is 23.7 Å². The van der Waals surface area contributed by atoms with Gasteiger partial charge in [0.2, 0.25) is 5.91 Å². The molecule has 3 atom stereocenters. The Labute approximate surface area is 179 Å². The number of carbonyl (C=O) groups excluding carboxylic acids is 1. The van der Waals surface area contributed by atoms with Crippen LogP contribution in [-0.2, 0) is 11.3 Å². The fourth-order valence-electron chi connectivity index (χ4n) is 3.62. The van der Waals surface area contributed by atoms with Crippen LogP contribution in [0.2, 0.25) is 0 Å². The number of nitrogens with zero attached hydrogens (tertiary/aromatic N) is 2. The van der Waals surface area contributed by atoms with Gasteiger partial charge in [-0.15, -0.1) is 12.4 Å². The summed E-state index contributed by atoms with van der Waals surface area (Å²) in [5.74, 6) is -0.308. The number of hydrogen-bond acceptors (Lipinski definition) is 5. The van der Waals surface area contributed by atoms with Gasteiger partial charge in [-0.1, -0.05) is 18.2 Å². The van der Waals surface area contributed by atoms with Crippen LogP contribution >= 0.6 is 12.4 Å². The highest BCUT2D eigenvalue weighted by Gasteiger charge is 2.34. The maximum absolute atomic E-state index is 13.7. The van der Waals surface area contributed by atoms with E-state index in [4.69, 9.17) is 5.73 Å². The number of aliphatic hydroxyl groups excluding tert-OH is 1. The molecule has 1 aromatic carbocycles. The van der Waals surface area contributed by atoms with Gasteiger partial charge >= 0.3 is 0 Å². The van der Waals surface area contributed by atoms with Crippen LogP contribution in [0.5, 0.6) is 0 Å². The molecule has 4 rings (SSSR count). The molecular formula is C21H23ClFN5O2. The second-order valence-electron chi connectivity index (χ2n) is 7.25. The van der Waals surface area contributed by atoms with Crippen molar-refractivity contribution in [1.82, 2.24) is 20.3 Å². The highest BCUT2D eigenvalue weighted by molar-refractivity contribution is 5.85. The third kappa shape index (κ3) is 4.67. The fraction of sp³-hybridized carbons (Fsp3) is 0.286. The van der Waals surface area contributed by atoms with E-state index in [0.29, 0.717) is 41.3 Å². The molecule has 0 spiro atoms. The summed E-state index contributed by atoms with van der Waals surface area (Å²) in [4.78, 5) is 24.5. The molecule has 0 radical (unpaired) electrons. The number of benzene rings is 1. The van der Waals surface area contributed by atoms with Crippen LogP contribution in [0.1, 0.15) is 18.7 Å². The number of pyridine rings is 1. The number of carbonyl (C=O) groups is 1. The SMILES string of the molecule is Cl.N[C@@H]1C[C@H](C(=O)NCc2nc(-c3cccc(F)c3)c(-c3ccccn3)[nH]2)C[C@H]1O. The Kier molecular flexibility index (Phi) is 6.81. The van der Waals surface area contributed by atoms with Gasteiger partial charge in [-0.25, -0.2) is 9.37 Å². The van der Waals surface area contributed by atoms with E-state index in [1.165, 1.54) is 12.1 Å². The molecule has 9 heteroatoms. The molecular weight excluding hydrogens is 409 g/mol. The second kappa shape index (κ2) is 9.34. The minimum absolute atomic E-state index is 0. The summed E-state index contributed by atoms with van der Waals surface area (Å²) in [6, 6.07) is 11.3. The van der Waals surface area contributed by atoms with Crippen LogP contribution in [0.15, 0.2) is 48.7 Å². The lowest BCUT2D eigenvalue weighted by atomic mass is 10.1. The standard InChI is InChI=1S/C21H22FN5O2.ClH/c22-14-5-3-4-12(8-14)19-20(16-6-1-2-7-24-16)27-18(26-19)11-25-21(29)13-9-15(23)17(28)10-13;/h1-8,13,15,17,28H,9-11,23H2,(H,25,29)(H,26,27);1H/t13-,15+,17+;/m0./s1. The van der Waals surface area contributed by atoms with Crippen molar-refractivity contribution in [2.45, 2.75) is 31.5 Å². The predicted octanol–water partition coefficient (Wildman–Crippen LogP) is 2.41. The van der Waals surface area contributed by atoms with Crippen LogP contribution in [0, 0.1) is 11.7 Å². The van der Waals surface area contributed by atoms with Crippen molar-refractivity contribution in [3.63, 3.8) is 0 Å². The minimum atomic E-state index is -0.648. The van der Waals surface area contributed by atoms with Crippen LogP contribution in [0.4, 0.5) is 4.39 Å². The summed E-state index contributed by atoms with van der Waals surface area (Å²) in [7, 11) is 0. The van der Waals surface area contributed by atoms with Gasteiger partial charge in [0.1, 0.15) is 11.6 Å². The zero-order valence-electron chi connectivity index (χ0n) is 16.1.